The second-order valence-corrected chi connectivity index (χ2v) is 4.07. The number of likely N-dealkylation sites (tertiary alicyclic amines) is 1. The summed E-state index contributed by atoms with van der Waals surface area (Å²) in [6.07, 6.45) is 5.38. The zero-order valence-electron chi connectivity index (χ0n) is 9.46. The summed E-state index contributed by atoms with van der Waals surface area (Å²) < 4.78 is 1.80. The van der Waals surface area contributed by atoms with E-state index in [2.05, 4.69) is 15.6 Å². The van der Waals surface area contributed by atoms with Crippen molar-refractivity contribution in [2.24, 2.45) is 0 Å². The number of aryl methyl sites for hydroxylation is 1. The van der Waals surface area contributed by atoms with Crippen LogP contribution >= 0.6 is 0 Å². The highest BCUT2D eigenvalue weighted by molar-refractivity contribution is 5.83. The van der Waals surface area contributed by atoms with Crippen LogP contribution in [0.4, 0.5) is 0 Å². The summed E-state index contributed by atoms with van der Waals surface area (Å²) in [6, 6.07) is 0.0146. The van der Waals surface area contributed by atoms with E-state index >= 15 is 0 Å². The van der Waals surface area contributed by atoms with Gasteiger partial charge in [-0.25, -0.2) is 0 Å². The fraction of sp³-hybridized carbons (Fsp3) is 0.700. The van der Waals surface area contributed by atoms with E-state index in [1.54, 1.807) is 15.8 Å². The Labute approximate surface area is 94.6 Å². The first-order valence-electron chi connectivity index (χ1n) is 5.60. The summed E-state index contributed by atoms with van der Waals surface area (Å²) in [4.78, 5) is 13.3. The molecule has 88 valence electrons. The van der Waals surface area contributed by atoms with Gasteiger partial charge in [-0.05, 0) is 19.4 Å². The summed E-state index contributed by atoms with van der Waals surface area (Å²) >= 11 is 0. The van der Waals surface area contributed by atoms with E-state index in [0.717, 1.165) is 32.5 Å². The standard InChI is InChI=1S/C10H17N5O/c1-14-7-3-9(10(14)16)11-4-2-6-15-8-5-12-13-15/h5,8-9,11H,2-4,6-7H2,1H3. The van der Waals surface area contributed by atoms with Crippen molar-refractivity contribution in [3.05, 3.63) is 12.4 Å². The van der Waals surface area contributed by atoms with Crippen LogP contribution in [-0.4, -0.2) is 52.0 Å². The lowest BCUT2D eigenvalue weighted by Gasteiger charge is -2.11. The lowest BCUT2D eigenvalue weighted by Crippen LogP contribution is -2.37. The van der Waals surface area contributed by atoms with Crippen LogP contribution < -0.4 is 5.32 Å². The molecule has 16 heavy (non-hydrogen) atoms. The van der Waals surface area contributed by atoms with Crippen molar-refractivity contribution in [3.8, 4) is 0 Å². The van der Waals surface area contributed by atoms with Crippen molar-refractivity contribution >= 4 is 5.91 Å². The largest absolute Gasteiger partial charge is 0.344 e. The van der Waals surface area contributed by atoms with E-state index in [1.807, 2.05) is 13.2 Å². The third-order valence-electron chi connectivity index (χ3n) is 2.85. The van der Waals surface area contributed by atoms with E-state index in [1.165, 1.54) is 0 Å². The van der Waals surface area contributed by atoms with Gasteiger partial charge < -0.3 is 10.2 Å². The van der Waals surface area contributed by atoms with Crippen molar-refractivity contribution in [2.75, 3.05) is 20.1 Å². The molecule has 1 atom stereocenters. The van der Waals surface area contributed by atoms with Crippen LogP contribution in [0.5, 0.6) is 0 Å². The molecule has 1 amide bonds. The summed E-state index contributed by atoms with van der Waals surface area (Å²) in [5, 5.41) is 10.9. The number of nitrogens with zero attached hydrogens (tertiary/aromatic N) is 4. The minimum Gasteiger partial charge on any atom is -0.344 e. The number of rotatable bonds is 5. The maximum absolute atomic E-state index is 11.6. The van der Waals surface area contributed by atoms with Gasteiger partial charge in [-0.1, -0.05) is 5.21 Å². The van der Waals surface area contributed by atoms with Crippen LogP contribution in [0.3, 0.4) is 0 Å². The molecule has 0 aliphatic carbocycles. The smallest absolute Gasteiger partial charge is 0.239 e. The van der Waals surface area contributed by atoms with Crippen molar-refractivity contribution in [3.63, 3.8) is 0 Å². The quantitative estimate of drug-likeness (QED) is 0.683. The fourth-order valence-corrected chi connectivity index (χ4v) is 1.88. The highest BCUT2D eigenvalue weighted by Crippen LogP contribution is 2.07. The minimum atomic E-state index is 0.0146. The molecule has 0 bridgehead atoms. The summed E-state index contributed by atoms with van der Waals surface area (Å²) in [5.74, 6) is 0.209. The SMILES string of the molecule is CN1CCC(NCCCn2ccnn2)C1=O. The molecular weight excluding hydrogens is 206 g/mol. The first-order valence-corrected chi connectivity index (χ1v) is 5.60. The molecule has 1 aliphatic rings. The molecule has 6 nitrogen and oxygen atoms in total. The molecule has 1 saturated heterocycles. The number of nitrogens with one attached hydrogen (secondary N) is 1. The van der Waals surface area contributed by atoms with Gasteiger partial charge in [0.1, 0.15) is 0 Å². The first kappa shape index (κ1) is 11.1. The number of carbonyl (C=O) groups excluding carboxylic acids is 1. The van der Waals surface area contributed by atoms with Gasteiger partial charge in [0.25, 0.3) is 0 Å². The fourth-order valence-electron chi connectivity index (χ4n) is 1.88. The highest BCUT2D eigenvalue weighted by Gasteiger charge is 2.27. The van der Waals surface area contributed by atoms with Crippen LogP contribution in [0.2, 0.25) is 0 Å². The lowest BCUT2D eigenvalue weighted by molar-refractivity contribution is -0.128. The molecule has 0 saturated carbocycles. The topological polar surface area (TPSA) is 63.1 Å². The van der Waals surface area contributed by atoms with Gasteiger partial charge in [0.2, 0.25) is 5.91 Å². The molecule has 1 unspecified atom stereocenters. The van der Waals surface area contributed by atoms with E-state index < -0.39 is 0 Å². The molecule has 2 rings (SSSR count). The van der Waals surface area contributed by atoms with Crippen molar-refractivity contribution in [1.29, 1.82) is 0 Å². The second kappa shape index (κ2) is 5.07. The van der Waals surface area contributed by atoms with Crippen LogP contribution in [-0.2, 0) is 11.3 Å². The molecule has 1 aliphatic heterocycles. The Hall–Kier alpha value is -1.43. The van der Waals surface area contributed by atoms with Gasteiger partial charge in [-0.3, -0.25) is 9.48 Å². The average Bonchev–Trinajstić information content (AvgIpc) is 2.88. The Bertz CT molecular complexity index is 337. The van der Waals surface area contributed by atoms with E-state index in [4.69, 9.17) is 0 Å². The summed E-state index contributed by atoms with van der Waals surface area (Å²) in [6.45, 7) is 2.54. The third kappa shape index (κ3) is 2.57. The van der Waals surface area contributed by atoms with Gasteiger partial charge >= 0.3 is 0 Å². The maximum Gasteiger partial charge on any atom is 0.239 e. The molecule has 0 radical (unpaired) electrons. The Morgan fingerprint density at radius 3 is 3.12 bits per heavy atom. The maximum atomic E-state index is 11.6. The van der Waals surface area contributed by atoms with Gasteiger partial charge in [0.05, 0.1) is 12.2 Å². The molecular formula is C10H17N5O. The minimum absolute atomic E-state index is 0.0146. The van der Waals surface area contributed by atoms with Crippen molar-refractivity contribution in [2.45, 2.75) is 25.4 Å². The van der Waals surface area contributed by atoms with Crippen LogP contribution in [0.1, 0.15) is 12.8 Å². The van der Waals surface area contributed by atoms with Crippen LogP contribution in [0.15, 0.2) is 12.4 Å². The molecule has 1 fully saturated rings. The lowest BCUT2D eigenvalue weighted by atomic mass is 10.2. The number of amides is 1. The van der Waals surface area contributed by atoms with Gasteiger partial charge in [0.15, 0.2) is 0 Å². The Balaban J connectivity index is 1.63. The monoisotopic (exact) mass is 223 g/mol. The Morgan fingerprint density at radius 2 is 2.50 bits per heavy atom. The Morgan fingerprint density at radius 1 is 1.62 bits per heavy atom. The molecule has 2 heterocycles. The first-order chi connectivity index (χ1) is 7.77. The zero-order valence-corrected chi connectivity index (χ0v) is 9.46. The number of aromatic nitrogens is 3. The number of hydrogen-bond donors (Lipinski definition) is 1. The molecule has 1 N–H and O–H groups in total. The van der Waals surface area contributed by atoms with E-state index in [9.17, 15) is 4.79 Å². The van der Waals surface area contributed by atoms with Crippen molar-refractivity contribution in [1.82, 2.24) is 25.2 Å². The van der Waals surface area contributed by atoms with Gasteiger partial charge in [-0.15, -0.1) is 5.10 Å². The summed E-state index contributed by atoms with van der Waals surface area (Å²) in [5.41, 5.74) is 0. The number of hydrogen-bond acceptors (Lipinski definition) is 4. The molecule has 6 heteroatoms. The molecule has 0 spiro atoms. The third-order valence-corrected chi connectivity index (χ3v) is 2.85. The molecule has 0 aromatic carbocycles. The number of likely N-dealkylation sites (N-methyl/N-ethyl adjacent to an activating group) is 1. The van der Waals surface area contributed by atoms with Crippen molar-refractivity contribution < 1.29 is 4.79 Å². The number of carbonyl (C=O) groups is 1. The normalized spacial score (nSPS) is 20.7. The molecule has 1 aromatic rings. The van der Waals surface area contributed by atoms with Crippen LogP contribution in [0.25, 0.3) is 0 Å². The Kier molecular flexibility index (Phi) is 3.51. The second-order valence-electron chi connectivity index (χ2n) is 4.07. The van der Waals surface area contributed by atoms with Gasteiger partial charge in [0, 0.05) is 26.3 Å². The highest BCUT2D eigenvalue weighted by atomic mass is 16.2. The van der Waals surface area contributed by atoms with Gasteiger partial charge in [-0.2, -0.15) is 0 Å². The predicted octanol–water partition coefficient (Wildman–Crippen LogP) is -0.511. The predicted molar refractivity (Wildman–Crippen MR) is 58.7 cm³/mol. The zero-order chi connectivity index (χ0) is 11.4. The average molecular weight is 223 g/mol. The van der Waals surface area contributed by atoms with E-state index in [0.29, 0.717) is 0 Å². The van der Waals surface area contributed by atoms with E-state index in [-0.39, 0.29) is 11.9 Å². The molecule has 1 aromatic heterocycles. The van der Waals surface area contributed by atoms with Crippen LogP contribution in [0, 0.1) is 0 Å². The summed E-state index contributed by atoms with van der Waals surface area (Å²) in [7, 11) is 1.85.